The molecule has 2 aromatic carbocycles. The summed E-state index contributed by atoms with van der Waals surface area (Å²) in [6.07, 6.45) is 0. The zero-order valence-corrected chi connectivity index (χ0v) is 18.5. The van der Waals surface area contributed by atoms with Gasteiger partial charge >= 0.3 is 6.03 Å². The lowest BCUT2D eigenvalue weighted by Crippen LogP contribution is -2.48. The quantitative estimate of drug-likeness (QED) is 0.400. The van der Waals surface area contributed by atoms with E-state index in [1.165, 1.54) is 11.8 Å². The predicted octanol–water partition coefficient (Wildman–Crippen LogP) is 2.27. The number of carbonyl (C=O) groups is 3. The number of thioether (sulfide) groups is 1. The van der Waals surface area contributed by atoms with E-state index in [1.807, 2.05) is 34.9 Å². The molecule has 2 N–H and O–H groups in total. The molecule has 10 heteroatoms. The molecular formula is C22H23N5O4S. The van der Waals surface area contributed by atoms with E-state index >= 15 is 0 Å². The summed E-state index contributed by atoms with van der Waals surface area (Å²) < 4.78 is 7.17. The number of methoxy groups -OCH3 is 1. The van der Waals surface area contributed by atoms with Crippen LogP contribution in [-0.2, 0) is 26.4 Å². The van der Waals surface area contributed by atoms with Crippen molar-refractivity contribution in [3.8, 4) is 0 Å². The number of ether oxygens (including phenoxy) is 1. The topological polar surface area (TPSA) is 106 Å². The van der Waals surface area contributed by atoms with Crippen LogP contribution in [0, 0.1) is 0 Å². The summed E-state index contributed by atoms with van der Waals surface area (Å²) in [7, 11) is 1.63. The summed E-state index contributed by atoms with van der Waals surface area (Å²) >= 11 is 1.23. The molecule has 0 aliphatic carbocycles. The van der Waals surface area contributed by atoms with E-state index in [1.54, 1.807) is 38.3 Å². The molecule has 0 saturated carbocycles. The minimum absolute atomic E-state index is 0.0184. The molecule has 4 amide bonds. The van der Waals surface area contributed by atoms with Crippen LogP contribution in [0.25, 0.3) is 11.0 Å². The van der Waals surface area contributed by atoms with E-state index in [4.69, 9.17) is 4.74 Å². The minimum atomic E-state index is -1.24. The minimum Gasteiger partial charge on any atom is -0.383 e. The van der Waals surface area contributed by atoms with Crippen LogP contribution in [0.3, 0.4) is 0 Å². The fourth-order valence-electron chi connectivity index (χ4n) is 3.56. The zero-order valence-electron chi connectivity index (χ0n) is 17.7. The van der Waals surface area contributed by atoms with Crippen molar-refractivity contribution in [2.24, 2.45) is 0 Å². The Morgan fingerprint density at radius 3 is 2.62 bits per heavy atom. The number of carbonyl (C=O) groups excluding carboxylic acids is 3. The van der Waals surface area contributed by atoms with Crippen molar-refractivity contribution in [1.29, 1.82) is 0 Å². The lowest BCUT2D eigenvalue weighted by Gasteiger charge is -2.22. The zero-order chi connectivity index (χ0) is 22.7. The Morgan fingerprint density at radius 2 is 1.88 bits per heavy atom. The van der Waals surface area contributed by atoms with Crippen molar-refractivity contribution in [2.75, 3.05) is 19.5 Å². The molecule has 4 rings (SSSR count). The maximum absolute atomic E-state index is 12.9. The van der Waals surface area contributed by atoms with Gasteiger partial charge in [0.05, 0.1) is 23.4 Å². The van der Waals surface area contributed by atoms with Gasteiger partial charge in [-0.1, -0.05) is 54.2 Å². The van der Waals surface area contributed by atoms with E-state index < -0.39 is 23.4 Å². The van der Waals surface area contributed by atoms with Crippen molar-refractivity contribution in [3.63, 3.8) is 0 Å². The second-order valence-corrected chi connectivity index (χ2v) is 8.36. The highest BCUT2D eigenvalue weighted by molar-refractivity contribution is 7.99. The smallest absolute Gasteiger partial charge is 0.344 e. The van der Waals surface area contributed by atoms with Gasteiger partial charge in [0.1, 0.15) is 5.54 Å². The summed E-state index contributed by atoms with van der Waals surface area (Å²) in [6.45, 7) is 2.70. The first-order valence-electron chi connectivity index (χ1n) is 10.0. The van der Waals surface area contributed by atoms with Crippen LogP contribution in [0.5, 0.6) is 0 Å². The highest BCUT2D eigenvalue weighted by Gasteiger charge is 2.49. The van der Waals surface area contributed by atoms with E-state index in [0.29, 0.717) is 23.9 Å². The summed E-state index contributed by atoms with van der Waals surface area (Å²) in [5.74, 6) is -1.05. The van der Waals surface area contributed by atoms with Crippen molar-refractivity contribution >= 4 is 40.6 Å². The molecule has 1 saturated heterocycles. The van der Waals surface area contributed by atoms with Crippen LogP contribution in [0.1, 0.15) is 12.5 Å². The molecule has 0 radical (unpaired) electrons. The molecule has 3 aromatic rings. The number of amides is 4. The first-order chi connectivity index (χ1) is 15.4. The van der Waals surface area contributed by atoms with Crippen LogP contribution in [0.4, 0.5) is 4.79 Å². The number of benzene rings is 2. The summed E-state index contributed by atoms with van der Waals surface area (Å²) in [5, 5.41) is 4.06. The monoisotopic (exact) mass is 453 g/mol. The Hall–Kier alpha value is -3.37. The van der Waals surface area contributed by atoms with Crippen molar-refractivity contribution in [3.05, 3.63) is 60.2 Å². The molecule has 1 fully saturated rings. The van der Waals surface area contributed by atoms with E-state index in [-0.39, 0.29) is 5.75 Å². The Kier molecular flexibility index (Phi) is 6.15. The number of imide groups is 1. The van der Waals surface area contributed by atoms with Gasteiger partial charge in [-0.2, -0.15) is 5.01 Å². The van der Waals surface area contributed by atoms with Gasteiger partial charge < -0.3 is 14.6 Å². The molecule has 1 aliphatic heterocycles. The molecule has 1 atom stereocenters. The van der Waals surface area contributed by atoms with Crippen LogP contribution in [-0.4, -0.2) is 51.9 Å². The molecule has 2 heterocycles. The van der Waals surface area contributed by atoms with E-state index in [0.717, 1.165) is 16.0 Å². The average Bonchev–Trinajstić information content (AvgIpc) is 3.27. The number of fused-ring (bicyclic) bond motifs is 1. The Bertz CT molecular complexity index is 1170. The molecule has 0 bridgehead atoms. The van der Waals surface area contributed by atoms with Gasteiger partial charge in [0, 0.05) is 13.7 Å². The van der Waals surface area contributed by atoms with Gasteiger partial charge in [0.25, 0.3) is 5.91 Å². The molecule has 32 heavy (non-hydrogen) atoms. The maximum Gasteiger partial charge on any atom is 0.344 e. The summed E-state index contributed by atoms with van der Waals surface area (Å²) in [4.78, 5) is 42.5. The van der Waals surface area contributed by atoms with Crippen LogP contribution < -0.4 is 10.7 Å². The molecule has 0 spiro atoms. The molecule has 1 aromatic heterocycles. The third-order valence-corrected chi connectivity index (χ3v) is 6.23. The number of imidazole rings is 1. The number of hydrogen-bond acceptors (Lipinski definition) is 6. The molecule has 1 aliphatic rings. The predicted molar refractivity (Wildman–Crippen MR) is 120 cm³/mol. The van der Waals surface area contributed by atoms with Crippen LogP contribution in [0.2, 0.25) is 0 Å². The van der Waals surface area contributed by atoms with Gasteiger partial charge in [-0.25, -0.2) is 9.78 Å². The third-order valence-electron chi connectivity index (χ3n) is 5.25. The Morgan fingerprint density at radius 1 is 1.16 bits per heavy atom. The van der Waals surface area contributed by atoms with Crippen molar-refractivity contribution in [2.45, 2.75) is 24.2 Å². The number of nitrogens with zero attached hydrogens (tertiary/aromatic N) is 3. The lowest BCUT2D eigenvalue weighted by molar-refractivity contribution is -0.138. The van der Waals surface area contributed by atoms with Gasteiger partial charge in [-0.05, 0) is 24.6 Å². The fraction of sp³-hybridized carbons (Fsp3) is 0.273. The van der Waals surface area contributed by atoms with Crippen molar-refractivity contribution in [1.82, 2.24) is 25.3 Å². The van der Waals surface area contributed by atoms with Gasteiger partial charge in [-0.15, -0.1) is 0 Å². The molecule has 1 unspecified atom stereocenters. The van der Waals surface area contributed by atoms with Crippen LogP contribution >= 0.6 is 11.8 Å². The Balaban J connectivity index is 1.45. The second-order valence-electron chi connectivity index (χ2n) is 7.41. The third kappa shape index (κ3) is 4.06. The standard InChI is InChI=1S/C22H23N5O4S/c1-22(15-8-4-3-5-9-15)19(29)27(20(30)24-22)25-18(28)14-32-21-23-16-10-6-7-11-17(16)26(21)12-13-31-2/h3-11H,12-14H2,1-2H3,(H,24,30)(H,25,28). The number of aromatic nitrogens is 2. The maximum atomic E-state index is 12.9. The lowest BCUT2D eigenvalue weighted by atomic mass is 9.92. The second kappa shape index (κ2) is 9.01. The number of hydrazine groups is 1. The first kappa shape index (κ1) is 21.8. The van der Waals surface area contributed by atoms with Gasteiger partial charge in [0.2, 0.25) is 5.91 Å². The van der Waals surface area contributed by atoms with Crippen molar-refractivity contribution < 1.29 is 19.1 Å². The number of urea groups is 1. The Labute approximate surface area is 189 Å². The number of para-hydroxylation sites is 2. The molecule has 166 valence electrons. The summed E-state index contributed by atoms with van der Waals surface area (Å²) in [5.41, 5.74) is 3.58. The number of nitrogens with one attached hydrogen (secondary N) is 2. The fourth-order valence-corrected chi connectivity index (χ4v) is 4.39. The normalized spacial score (nSPS) is 18.2. The largest absolute Gasteiger partial charge is 0.383 e. The molecular weight excluding hydrogens is 430 g/mol. The highest BCUT2D eigenvalue weighted by atomic mass is 32.2. The van der Waals surface area contributed by atoms with Gasteiger partial charge in [-0.3, -0.25) is 15.0 Å². The molecule has 9 nitrogen and oxygen atoms in total. The summed E-state index contributed by atoms with van der Waals surface area (Å²) in [6, 6.07) is 15.9. The van der Waals surface area contributed by atoms with E-state index in [9.17, 15) is 14.4 Å². The van der Waals surface area contributed by atoms with Gasteiger partial charge in [0.15, 0.2) is 5.16 Å². The van der Waals surface area contributed by atoms with E-state index in [2.05, 4.69) is 15.7 Å². The highest BCUT2D eigenvalue weighted by Crippen LogP contribution is 2.28. The number of rotatable bonds is 8. The number of hydrogen-bond donors (Lipinski definition) is 2. The first-order valence-corrected chi connectivity index (χ1v) is 11.0. The average molecular weight is 454 g/mol. The SMILES string of the molecule is COCCn1c(SCC(=O)NN2C(=O)NC(C)(c3ccccc3)C2=O)nc2ccccc21. The van der Waals surface area contributed by atoms with Crippen LogP contribution in [0.15, 0.2) is 59.8 Å².